The maximum absolute atomic E-state index is 12.8. The molecule has 1 fully saturated rings. The largest absolute Gasteiger partial charge is 0.507 e. The lowest BCUT2D eigenvalue weighted by molar-refractivity contribution is -0.140. The minimum Gasteiger partial charge on any atom is -0.507 e. The molecular weight excluding hydrogens is 378 g/mol. The molecule has 1 atom stereocenters. The highest BCUT2D eigenvalue weighted by Gasteiger charge is 2.46. The SMILES string of the molecule is COCCCN1C(=O)C(=O)/C(=C(\O)c2ccc(OC)cc2)C1c1sccc1C. The summed E-state index contributed by atoms with van der Waals surface area (Å²) < 4.78 is 10.2. The lowest BCUT2D eigenvalue weighted by Crippen LogP contribution is -2.31. The number of hydrogen-bond donors (Lipinski definition) is 1. The fourth-order valence-electron chi connectivity index (χ4n) is 3.33. The molecule has 0 saturated carbocycles. The molecule has 0 radical (unpaired) electrons. The number of aliphatic hydroxyl groups is 1. The Balaban J connectivity index is 2.09. The fourth-order valence-corrected chi connectivity index (χ4v) is 4.38. The van der Waals surface area contributed by atoms with E-state index in [0.717, 1.165) is 10.4 Å². The van der Waals surface area contributed by atoms with Gasteiger partial charge in [0.2, 0.25) is 0 Å². The predicted octanol–water partition coefficient (Wildman–Crippen LogP) is 3.52. The van der Waals surface area contributed by atoms with Crippen LogP contribution in [0.4, 0.5) is 0 Å². The van der Waals surface area contributed by atoms with E-state index in [1.54, 1.807) is 38.5 Å². The average Bonchev–Trinajstić information content (AvgIpc) is 3.23. The highest BCUT2D eigenvalue weighted by atomic mass is 32.1. The van der Waals surface area contributed by atoms with Gasteiger partial charge in [-0.3, -0.25) is 9.59 Å². The molecule has 28 heavy (non-hydrogen) atoms. The van der Waals surface area contributed by atoms with Gasteiger partial charge in [-0.2, -0.15) is 0 Å². The summed E-state index contributed by atoms with van der Waals surface area (Å²) in [6, 6.07) is 8.10. The molecule has 7 heteroatoms. The highest BCUT2D eigenvalue weighted by molar-refractivity contribution is 7.10. The van der Waals surface area contributed by atoms with Crippen molar-refractivity contribution in [1.82, 2.24) is 4.90 Å². The number of methoxy groups -OCH3 is 2. The molecule has 0 bridgehead atoms. The zero-order valence-electron chi connectivity index (χ0n) is 16.1. The van der Waals surface area contributed by atoms with Gasteiger partial charge in [-0.05, 0) is 54.6 Å². The topological polar surface area (TPSA) is 76.1 Å². The number of ether oxygens (including phenoxy) is 2. The summed E-state index contributed by atoms with van der Waals surface area (Å²) in [6.07, 6.45) is 0.604. The number of Topliss-reactive ketones (excluding diaryl/α,β-unsaturated/α-hetero) is 1. The van der Waals surface area contributed by atoms with Gasteiger partial charge >= 0.3 is 0 Å². The summed E-state index contributed by atoms with van der Waals surface area (Å²) in [5, 5.41) is 12.9. The Bertz CT molecular complexity index is 900. The van der Waals surface area contributed by atoms with Gasteiger partial charge in [0.15, 0.2) is 0 Å². The second-order valence-corrected chi connectivity index (χ2v) is 7.48. The first-order chi connectivity index (χ1) is 13.5. The van der Waals surface area contributed by atoms with E-state index in [1.165, 1.54) is 16.2 Å². The van der Waals surface area contributed by atoms with Gasteiger partial charge in [-0.25, -0.2) is 0 Å². The standard InChI is InChI=1S/C21H23NO5S/c1-13-9-12-28-20(13)17-16(18(23)14-5-7-15(27-3)8-6-14)19(24)21(25)22(17)10-4-11-26-2/h5-9,12,17,23H,4,10-11H2,1-3H3/b18-16-. The Labute approximate surface area is 168 Å². The summed E-state index contributed by atoms with van der Waals surface area (Å²) in [5.41, 5.74) is 1.57. The quantitative estimate of drug-likeness (QED) is 0.332. The van der Waals surface area contributed by atoms with Gasteiger partial charge in [0.25, 0.3) is 11.7 Å². The molecule has 2 aromatic rings. The molecule has 1 aromatic carbocycles. The van der Waals surface area contributed by atoms with Crippen molar-refractivity contribution < 1.29 is 24.2 Å². The highest BCUT2D eigenvalue weighted by Crippen LogP contribution is 2.42. The van der Waals surface area contributed by atoms with E-state index in [4.69, 9.17) is 9.47 Å². The molecule has 1 aromatic heterocycles. The number of carbonyl (C=O) groups excluding carboxylic acids is 2. The Kier molecular flexibility index (Phi) is 6.16. The average molecular weight is 401 g/mol. The van der Waals surface area contributed by atoms with Crippen LogP contribution in [0.2, 0.25) is 0 Å². The summed E-state index contributed by atoms with van der Waals surface area (Å²) >= 11 is 1.47. The number of benzene rings is 1. The minimum absolute atomic E-state index is 0.123. The maximum atomic E-state index is 12.8. The van der Waals surface area contributed by atoms with Crippen LogP contribution in [-0.2, 0) is 14.3 Å². The third-order valence-electron chi connectivity index (χ3n) is 4.80. The molecule has 3 rings (SSSR count). The first-order valence-electron chi connectivity index (χ1n) is 8.95. The predicted molar refractivity (Wildman–Crippen MR) is 108 cm³/mol. The molecule has 0 spiro atoms. The maximum Gasteiger partial charge on any atom is 0.295 e. The van der Waals surface area contributed by atoms with E-state index in [9.17, 15) is 14.7 Å². The first kappa shape index (κ1) is 20.1. The van der Waals surface area contributed by atoms with Crippen LogP contribution < -0.4 is 4.74 Å². The number of ketones is 1. The summed E-state index contributed by atoms with van der Waals surface area (Å²) in [6.45, 7) is 2.80. The molecule has 0 aliphatic carbocycles. The van der Waals surface area contributed by atoms with Crippen molar-refractivity contribution in [3.8, 4) is 5.75 Å². The fraction of sp³-hybridized carbons (Fsp3) is 0.333. The second-order valence-electron chi connectivity index (χ2n) is 6.54. The molecular formula is C21H23NO5S. The van der Waals surface area contributed by atoms with Gasteiger partial charge < -0.3 is 19.5 Å². The molecule has 6 nitrogen and oxygen atoms in total. The van der Waals surface area contributed by atoms with Gasteiger partial charge in [-0.15, -0.1) is 11.3 Å². The molecule has 1 saturated heterocycles. The van der Waals surface area contributed by atoms with Gasteiger partial charge in [-0.1, -0.05) is 0 Å². The molecule has 1 N–H and O–H groups in total. The summed E-state index contributed by atoms with van der Waals surface area (Å²) in [5.74, 6) is -0.789. The third-order valence-corrected chi connectivity index (χ3v) is 5.87. The second kappa shape index (κ2) is 8.58. The summed E-state index contributed by atoms with van der Waals surface area (Å²) in [7, 11) is 3.15. The molecule has 148 valence electrons. The Morgan fingerprint density at radius 2 is 1.89 bits per heavy atom. The van der Waals surface area contributed by atoms with Gasteiger partial charge in [0, 0.05) is 30.7 Å². The van der Waals surface area contributed by atoms with E-state index in [-0.39, 0.29) is 11.3 Å². The van der Waals surface area contributed by atoms with E-state index in [1.807, 2.05) is 18.4 Å². The van der Waals surface area contributed by atoms with E-state index < -0.39 is 17.7 Å². The Hall–Kier alpha value is -2.64. The number of aryl methyl sites for hydroxylation is 1. The van der Waals surface area contributed by atoms with Crippen molar-refractivity contribution in [2.75, 3.05) is 27.4 Å². The van der Waals surface area contributed by atoms with Crippen molar-refractivity contribution in [2.24, 2.45) is 0 Å². The number of amides is 1. The molecule has 1 aliphatic heterocycles. The van der Waals surface area contributed by atoms with Crippen molar-refractivity contribution in [3.05, 3.63) is 57.3 Å². The molecule has 1 unspecified atom stereocenters. The molecule has 2 heterocycles. The lowest BCUT2D eigenvalue weighted by Gasteiger charge is -2.24. The van der Waals surface area contributed by atoms with Crippen LogP contribution in [0.3, 0.4) is 0 Å². The number of hydrogen-bond acceptors (Lipinski definition) is 6. The normalized spacial score (nSPS) is 18.7. The zero-order chi connectivity index (χ0) is 20.3. The number of thiophene rings is 1. The number of rotatable bonds is 7. The van der Waals surface area contributed by atoms with E-state index in [0.29, 0.717) is 30.9 Å². The van der Waals surface area contributed by atoms with Crippen LogP contribution in [0, 0.1) is 6.92 Å². The first-order valence-corrected chi connectivity index (χ1v) is 9.83. The number of carbonyl (C=O) groups is 2. The number of likely N-dealkylation sites (tertiary alicyclic amines) is 1. The number of aliphatic hydroxyl groups excluding tert-OH is 1. The van der Waals surface area contributed by atoms with Crippen molar-refractivity contribution in [2.45, 2.75) is 19.4 Å². The molecule has 1 aliphatic rings. The van der Waals surface area contributed by atoms with Crippen LogP contribution in [0.1, 0.15) is 28.5 Å². The van der Waals surface area contributed by atoms with Crippen molar-refractivity contribution in [3.63, 3.8) is 0 Å². The van der Waals surface area contributed by atoms with Gasteiger partial charge in [0.05, 0.1) is 18.7 Å². The number of nitrogens with zero attached hydrogens (tertiary/aromatic N) is 1. The Morgan fingerprint density at radius 1 is 1.18 bits per heavy atom. The van der Waals surface area contributed by atoms with Crippen molar-refractivity contribution in [1.29, 1.82) is 0 Å². The van der Waals surface area contributed by atoms with E-state index >= 15 is 0 Å². The van der Waals surface area contributed by atoms with Crippen LogP contribution >= 0.6 is 11.3 Å². The van der Waals surface area contributed by atoms with Crippen LogP contribution in [-0.4, -0.2) is 49.1 Å². The smallest absolute Gasteiger partial charge is 0.295 e. The van der Waals surface area contributed by atoms with Gasteiger partial charge in [0.1, 0.15) is 11.5 Å². The van der Waals surface area contributed by atoms with E-state index in [2.05, 4.69) is 0 Å². The zero-order valence-corrected chi connectivity index (χ0v) is 16.9. The Morgan fingerprint density at radius 3 is 2.46 bits per heavy atom. The minimum atomic E-state index is -0.663. The van der Waals surface area contributed by atoms with Crippen LogP contribution in [0.25, 0.3) is 5.76 Å². The molecule has 1 amide bonds. The van der Waals surface area contributed by atoms with Crippen LogP contribution in [0.5, 0.6) is 5.75 Å². The summed E-state index contributed by atoms with van der Waals surface area (Å²) in [4.78, 5) is 28.0. The third kappa shape index (κ3) is 3.68. The monoisotopic (exact) mass is 401 g/mol. The lowest BCUT2D eigenvalue weighted by atomic mass is 9.98. The van der Waals surface area contributed by atoms with Crippen molar-refractivity contribution >= 4 is 28.8 Å². The van der Waals surface area contributed by atoms with Crippen LogP contribution in [0.15, 0.2) is 41.3 Å².